The van der Waals surface area contributed by atoms with E-state index in [9.17, 15) is 13.6 Å². The zero-order valence-corrected chi connectivity index (χ0v) is 18.1. The molecule has 1 atom stereocenters. The molecule has 7 nitrogen and oxygen atoms in total. The Labute approximate surface area is 189 Å². The number of rotatable bonds is 3. The highest BCUT2D eigenvalue weighted by atomic mass is 35.5. The fourth-order valence-electron chi connectivity index (χ4n) is 3.91. The van der Waals surface area contributed by atoms with Crippen LogP contribution in [0.4, 0.5) is 30.4 Å². The van der Waals surface area contributed by atoms with Gasteiger partial charge in [-0.15, -0.1) is 0 Å². The molecule has 1 saturated carbocycles. The van der Waals surface area contributed by atoms with Crippen LogP contribution in [0.3, 0.4) is 0 Å². The highest BCUT2D eigenvalue weighted by Crippen LogP contribution is 2.46. The number of pyridine rings is 1. The van der Waals surface area contributed by atoms with Crippen LogP contribution < -0.4 is 20.9 Å². The van der Waals surface area contributed by atoms with E-state index in [4.69, 9.17) is 27.9 Å². The van der Waals surface area contributed by atoms with Gasteiger partial charge in [-0.3, -0.25) is 4.79 Å². The smallest absolute Gasteiger partial charge is 0.301 e. The largest absolute Gasteiger partial charge is 0.480 e. The van der Waals surface area contributed by atoms with Gasteiger partial charge >= 0.3 is 5.92 Å². The molecular formula is C20H16Cl2F3N5O2. The third-order valence-electron chi connectivity index (χ3n) is 5.68. The number of halogens is 5. The number of nitrogens with one attached hydrogen (secondary N) is 2. The van der Waals surface area contributed by atoms with Crippen LogP contribution >= 0.6 is 23.2 Å². The third-order valence-corrected chi connectivity index (χ3v) is 6.14. The molecule has 0 unspecified atom stereocenters. The second-order valence-corrected chi connectivity index (χ2v) is 8.60. The molecule has 5 rings (SSSR count). The van der Waals surface area contributed by atoms with E-state index in [1.165, 1.54) is 25.4 Å². The Balaban J connectivity index is 1.71. The van der Waals surface area contributed by atoms with E-state index in [0.29, 0.717) is 12.8 Å². The Morgan fingerprint density at radius 3 is 2.78 bits per heavy atom. The number of fused-ring (bicyclic) bond motifs is 3. The van der Waals surface area contributed by atoms with Gasteiger partial charge in [-0.05, 0) is 42.5 Å². The number of hydrogen-bond acceptors (Lipinski definition) is 6. The van der Waals surface area contributed by atoms with Gasteiger partial charge in [0.25, 0.3) is 5.56 Å². The maximum absolute atomic E-state index is 15.8. The third kappa shape index (κ3) is 3.41. The summed E-state index contributed by atoms with van der Waals surface area (Å²) in [5.41, 5.74) is -0.571. The van der Waals surface area contributed by atoms with E-state index in [0.717, 1.165) is 4.57 Å². The van der Waals surface area contributed by atoms with Crippen LogP contribution in [0.15, 0.2) is 23.1 Å². The lowest BCUT2D eigenvalue weighted by atomic mass is 10.0. The van der Waals surface area contributed by atoms with E-state index < -0.39 is 29.9 Å². The van der Waals surface area contributed by atoms with E-state index in [2.05, 4.69) is 20.6 Å². The van der Waals surface area contributed by atoms with Crippen molar-refractivity contribution in [2.24, 2.45) is 13.0 Å². The van der Waals surface area contributed by atoms with Crippen molar-refractivity contribution in [3.05, 3.63) is 44.8 Å². The quantitative estimate of drug-likeness (QED) is 0.521. The Bertz CT molecular complexity index is 1310. The lowest BCUT2D eigenvalue weighted by molar-refractivity contribution is -0.0579. The van der Waals surface area contributed by atoms with Gasteiger partial charge in [-0.25, -0.2) is 18.2 Å². The minimum atomic E-state index is -3.23. The molecule has 32 heavy (non-hydrogen) atoms. The SMILES string of the molecule is Cn1c(=O)c2c(c3c(F)c(Nc4nc(Cl)ncc4Cl)ccc31)N[C@@H](C1CC1)C(F)(F)CO2. The summed E-state index contributed by atoms with van der Waals surface area (Å²) in [6.07, 6.45) is 2.49. The minimum absolute atomic E-state index is 0.0456. The molecule has 0 amide bonds. The summed E-state index contributed by atoms with van der Waals surface area (Å²) in [5, 5.41) is 5.43. The number of nitrogens with zero attached hydrogens (tertiary/aromatic N) is 3. The molecule has 168 valence electrons. The number of anilines is 3. The maximum Gasteiger partial charge on any atom is 0.301 e. The van der Waals surface area contributed by atoms with Crippen molar-refractivity contribution in [2.75, 3.05) is 17.2 Å². The number of hydrogen-bond donors (Lipinski definition) is 2. The first-order valence-electron chi connectivity index (χ1n) is 9.75. The van der Waals surface area contributed by atoms with Gasteiger partial charge in [-0.2, -0.15) is 4.98 Å². The number of benzene rings is 1. The number of alkyl halides is 2. The first-order chi connectivity index (χ1) is 15.2. The Morgan fingerprint density at radius 2 is 2.06 bits per heavy atom. The van der Waals surface area contributed by atoms with E-state index in [1.807, 2.05) is 0 Å². The van der Waals surface area contributed by atoms with Crippen LogP contribution in [0.2, 0.25) is 10.3 Å². The van der Waals surface area contributed by atoms with Crippen LogP contribution in [0.5, 0.6) is 5.75 Å². The zero-order valence-electron chi connectivity index (χ0n) is 16.6. The first kappa shape index (κ1) is 21.1. The summed E-state index contributed by atoms with van der Waals surface area (Å²) < 4.78 is 51.6. The fourth-order valence-corrected chi connectivity index (χ4v) is 4.18. The Hall–Kier alpha value is -2.72. The van der Waals surface area contributed by atoms with Crippen LogP contribution in [0.1, 0.15) is 12.8 Å². The van der Waals surface area contributed by atoms with E-state index >= 15 is 4.39 Å². The van der Waals surface area contributed by atoms with Crippen molar-refractivity contribution in [3.8, 4) is 5.75 Å². The van der Waals surface area contributed by atoms with Gasteiger partial charge in [0.05, 0.1) is 34.5 Å². The normalized spacial score (nSPS) is 19.6. The Kier molecular flexibility index (Phi) is 4.90. The molecule has 3 aromatic rings. The summed E-state index contributed by atoms with van der Waals surface area (Å²) in [6.45, 7) is -0.969. The highest BCUT2D eigenvalue weighted by molar-refractivity contribution is 6.33. The summed E-state index contributed by atoms with van der Waals surface area (Å²) in [6, 6.07) is 1.61. The first-order valence-corrected chi connectivity index (χ1v) is 10.5. The maximum atomic E-state index is 15.8. The van der Waals surface area contributed by atoms with Crippen LogP contribution in [-0.2, 0) is 7.05 Å². The molecule has 2 aliphatic rings. The predicted molar refractivity (Wildman–Crippen MR) is 115 cm³/mol. The van der Waals surface area contributed by atoms with Crippen molar-refractivity contribution in [1.82, 2.24) is 14.5 Å². The second kappa shape index (κ2) is 7.41. The van der Waals surface area contributed by atoms with Gasteiger partial charge in [0, 0.05) is 7.05 Å². The number of aromatic nitrogens is 3. The predicted octanol–water partition coefficient (Wildman–Crippen LogP) is 4.74. The molecule has 0 saturated heterocycles. The van der Waals surface area contributed by atoms with Gasteiger partial charge in [-0.1, -0.05) is 11.6 Å². The highest BCUT2D eigenvalue weighted by Gasteiger charge is 2.51. The summed E-state index contributed by atoms with van der Waals surface area (Å²) >= 11 is 11.9. The van der Waals surface area contributed by atoms with E-state index in [-0.39, 0.29) is 50.1 Å². The molecule has 0 bridgehead atoms. The molecule has 0 spiro atoms. The molecule has 1 aliphatic carbocycles. The van der Waals surface area contributed by atoms with Gasteiger partial charge in [0.2, 0.25) is 11.0 Å². The Morgan fingerprint density at radius 1 is 1.31 bits per heavy atom. The average molecular weight is 486 g/mol. The summed E-state index contributed by atoms with van der Waals surface area (Å²) in [4.78, 5) is 20.5. The fraction of sp³-hybridized carbons (Fsp3) is 0.350. The molecule has 2 N–H and O–H groups in total. The molecular weight excluding hydrogens is 470 g/mol. The van der Waals surface area contributed by atoms with Gasteiger partial charge < -0.3 is 19.9 Å². The van der Waals surface area contributed by atoms with Gasteiger partial charge in [0.15, 0.2) is 18.2 Å². The molecule has 3 heterocycles. The molecule has 1 fully saturated rings. The number of ether oxygens (including phenoxy) is 1. The monoisotopic (exact) mass is 485 g/mol. The summed E-state index contributed by atoms with van der Waals surface area (Å²) in [7, 11) is 1.42. The van der Waals surface area contributed by atoms with E-state index in [1.54, 1.807) is 0 Å². The summed E-state index contributed by atoms with van der Waals surface area (Å²) in [5.74, 6) is -4.59. The molecule has 1 aliphatic heterocycles. The second-order valence-electron chi connectivity index (χ2n) is 7.86. The van der Waals surface area contributed by atoms with Crippen molar-refractivity contribution in [3.63, 3.8) is 0 Å². The molecule has 12 heteroatoms. The van der Waals surface area contributed by atoms with Crippen molar-refractivity contribution in [1.29, 1.82) is 0 Å². The van der Waals surface area contributed by atoms with Crippen molar-refractivity contribution in [2.45, 2.75) is 24.8 Å². The molecule has 0 radical (unpaired) electrons. The molecule has 1 aromatic carbocycles. The van der Waals surface area contributed by atoms with Crippen molar-refractivity contribution < 1.29 is 17.9 Å². The van der Waals surface area contributed by atoms with Crippen LogP contribution in [0, 0.1) is 11.7 Å². The minimum Gasteiger partial charge on any atom is -0.480 e. The zero-order chi connectivity index (χ0) is 22.8. The topological polar surface area (TPSA) is 81.1 Å². The lowest BCUT2D eigenvalue weighted by Crippen LogP contribution is -2.44. The van der Waals surface area contributed by atoms with Gasteiger partial charge in [0.1, 0.15) is 5.02 Å². The van der Waals surface area contributed by atoms with Crippen LogP contribution in [0.25, 0.3) is 10.9 Å². The average Bonchev–Trinajstić information content (AvgIpc) is 3.58. The lowest BCUT2D eigenvalue weighted by Gasteiger charge is -2.25. The molecule has 2 aromatic heterocycles. The van der Waals surface area contributed by atoms with Crippen LogP contribution in [-0.4, -0.2) is 33.1 Å². The number of aryl methyl sites for hydroxylation is 1. The van der Waals surface area contributed by atoms with Crippen molar-refractivity contribution >= 4 is 51.3 Å². The standard InChI is InChI=1S/C20H16Cl2F3N5O2/c1-30-11-5-4-10(27-17-9(21)6-26-19(22)29-17)13(23)12(11)14-15(18(30)31)32-7-20(24,25)16(28-14)8-2-3-8/h4-6,8,16,28H,2-3,7H2,1H3,(H,26,27,29)/t16-/m0/s1.